The monoisotopic (exact) mass is 453 g/mol. The predicted molar refractivity (Wildman–Crippen MR) is 108 cm³/mol. The molecule has 0 heterocycles. The summed E-state index contributed by atoms with van der Waals surface area (Å²) in [5.41, 5.74) is 0.697. The van der Waals surface area contributed by atoms with Crippen LogP contribution in [0.3, 0.4) is 0 Å². The first-order valence-electron chi connectivity index (χ1n) is 7.90. The normalized spacial score (nSPS) is 8.03. The second-order valence-corrected chi connectivity index (χ2v) is 4.90. The lowest BCUT2D eigenvalue weighted by Crippen LogP contribution is -2.23. The van der Waals surface area contributed by atoms with Gasteiger partial charge in [0.2, 0.25) is 0 Å². The Kier molecular flexibility index (Phi) is 15.4. The van der Waals surface area contributed by atoms with Crippen molar-refractivity contribution in [3.8, 4) is 89.0 Å². The molecule has 0 unspecified atom stereocenters. The Labute approximate surface area is 188 Å². The quantitative estimate of drug-likeness (QED) is 0.118. The number of hydrogen-bond donors (Lipinski definition) is 10. The summed E-state index contributed by atoms with van der Waals surface area (Å²) in [6, 6.07) is 6.27. The molecule has 0 saturated heterocycles. The number of aliphatic hydroxyl groups is 8. The van der Waals surface area contributed by atoms with Crippen molar-refractivity contribution in [2.24, 2.45) is 0 Å². The van der Waals surface area contributed by atoms with Crippen LogP contribution in [-0.2, 0) is 6.42 Å². The number of hydrogen-bond acceptors (Lipinski definition) is 11. The molecule has 11 nitrogen and oxygen atoms in total. The molecule has 0 bridgehead atoms. The molecular formula is C22H15NO10. The van der Waals surface area contributed by atoms with E-state index in [1.165, 1.54) is 24.3 Å². The number of rotatable bonds is 1. The summed E-state index contributed by atoms with van der Waals surface area (Å²) < 4.78 is 0. The Bertz CT molecular complexity index is 1130. The second kappa shape index (κ2) is 16.8. The van der Waals surface area contributed by atoms with Gasteiger partial charge in [-0.15, -0.1) is 0 Å². The lowest BCUT2D eigenvalue weighted by molar-refractivity contribution is -0.266. The average molecular weight is 453 g/mol. The van der Waals surface area contributed by atoms with Gasteiger partial charge in [0, 0.05) is 35.5 Å². The number of nitriles is 1. The van der Waals surface area contributed by atoms with Crippen LogP contribution in [0.1, 0.15) is 5.56 Å². The van der Waals surface area contributed by atoms with Crippen molar-refractivity contribution < 1.29 is 51.1 Å². The molecule has 1 aromatic rings. The van der Waals surface area contributed by atoms with E-state index in [9.17, 15) is 0 Å². The highest BCUT2D eigenvalue weighted by molar-refractivity contribution is 5.41. The zero-order chi connectivity index (χ0) is 25.8. The molecular weight excluding hydrogens is 438 g/mol. The van der Waals surface area contributed by atoms with Crippen LogP contribution in [0, 0.1) is 82.7 Å². The third kappa shape index (κ3) is 23.2. The summed E-state index contributed by atoms with van der Waals surface area (Å²) in [5.74, 6) is 12.5. The summed E-state index contributed by atoms with van der Waals surface area (Å²) in [6.45, 7) is 0. The minimum Gasteiger partial charge on any atom is -0.504 e. The second-order valence-electron chi connectivity index (χ2n) is 4.90. The Balaban J connectivity index is 0. The number of phenols is 2. The maximum atomic E-state index is 8.97. The predicted octanol–water partition coefficient (Wildman–Crippen LogP) is -2.92. The van der Waals surface area contributed by atoms with Crippen molar-refractivity contribution in [3.63, 3.8) is 0 Å². The molecule has 0 spiro atoms. The molecule has 0 aliphatic rings. The SMILES string of the molecule is N#CCc1ccc(O)c(O)c1.OC#CC#CC#CC(O)(O)O.OC#CC#CC#CC(O)(O)O. The van der Waals surface area contributed by atoms with Gasteiger partial charge in [-0.2, -0.15) is 5.26 Å². The van der Waals surface area contributed by atoms with Gasteiger partial charge in [0.1, 0.15) is 12.2 Å². The van der Waals surface area contributed by atoms with Crippen LogP contribution in [0.5, 0.6) is 11.5 Å². The van der Waals surface area contributed by atoms with Gasteiger partial charge in [-0.25, -0.2) is 0 Å². The molecule has 0 saturated carbocycles. The molecule has 10 N–H and O–H groups in total. The number of aromatic hydroxyl groups is 2. The van der Waals surface area contributed by atoms with E-state index in [1.54, 1.807) is 17.9 Å². The first-order chi connectivity index (χ1) is 15.4. The minimum atomic E-state index is -3.03. The molecule has 0 fully saturated rings. The van der Waals surface area contributed by atoms with E-state index >= 15 is 0 Å². The fourth-order valence-electron chi connectivity index (χ4n) is 1.18. The zero-order valence-corrected chi connectivity index (χ0v) is 16.4. The number of phenolic OH excluding ortho intramolecular Hbond substituents is 2. The summed E-state index contributed by atoms with van der Waals surface area (Å²) in [4.78, 5) is 0. The van der Waals surface area contributed by atoms with Gasteiger partial charge < -0.3 is 51.1 Å². The van der Waals surface area contributed by atoms with Crippen molar-refractivity contribution in [1.29, 1.82) is 5.26 Å². The molecule has 0 aliphatic heterocycles. The lowest BCUT2D eigenvalue weighted by Gasteiger charge is -2.01. The summed E-state index contributed by atoms with van der Waals surface area (Å²) in [6.07, 6.45) is 3.22. The van der Waals surface area contributed by atoms with Crippen molar-refractivity contribution in [1.82, 2.24) is 0 Å². The Morgan fingerprint density at radius 2 is 1.06 bits per heavy atom. The van der Waals surface area contributed by atoms with E-state index in [0.29, 0.717) is 5.56 Å². The van der Waals surface area contributed by atoms with Crippen molar-refractivity contribution >= 4 is 0 Å². The fourth-order valence-corrected chi connectivity index (χ4v) is 1.18. The largest absolute Gasteiger partial charge is 0.504 e. The van der Waals surface area contributed by atoms with E-state index in [1.807, 2.05) is 53.4 Å². The molecule has 11 heteroatoms. The lowest BCUT2D eigenvalue weighted by atomic mass is 10.1. The molecule has 0 aromatic heterocycles. The maximum Gasteiger partial charge on any atom is 0.346 e. The van der Waals surface area contributed by atoms with Crippen LogP contribution in [0.2, 0.25) is 0 Å². The summed E-state index contributed by atoms with van der Waals surface area (Å²) >= 11 is 0. The van der Waals surface area contributed by atoms with Crippen molar-refractivity contribution in [3.05, 3.63) is 23.8 Å². The number of nitrogens with zero attached hydrogens (tertiary/aromatic N) is 1. The average Bonchev–Trinajstić information content (AvgIpc) is 2.70. The summed E-state index contributed by atoms with van der Waals surface area (Å²) in [5, 5.41) is 90.8. The third-order valence-electron chi connectivity index (χ3n) is 2.27. The standard InChI is InChI=1S/C8H7NO2.2C7H4O4/c9-4-3-6-1-2-7(10)8(11)5-6;2*8-6-4-2-1-3-5-7(9,10)11/h1-2,5,10-11H,3H2;2*8-11H. The van der Waals surface area contributed by atoms with Gasteiger partial charge in [-0.1, -0.05) is 6.07 Å². The molecule has 1 aromatic carbocycles. The van der Waals surface area contributed by atoms with Crippen molar-refractivity contribution in [2.45, 2.75) is 18.4 Å². The number of benzene rings is 1. The highest BCUT2D eigenvalue weighted by Crippen LogP contribution is 2.24. The number of aliphatic hydroxyl groups excluding tert-OH is 2. The van der Waals surface area contributed by atoms with Gasteiger partial charge in [0.05, 0.1) is 12.5 Å². The van der Waals surface area contributed by atoms with Gasteiger partial charge in [0.15, 0.2) is 11.5 Å². The van der Waals surface area contributed by atoms with Crippen LogP contribution in [-0.4, -0.2) is 63.0 Å². The molecule has 33 heavy (non-hydrogen) atoms. The van der Waals surface area contributed by atoms with E-state index in [-0.39, 0.29) is 17.9 Å². The first-order valence-corrected chi connectivity index (χ1v) is 7.90. The highest BCUT2D eigenvalue weighted by Gasteiger charge is 2.11. The van der Waals surface area contributed by atoms with E-state index in [0.717, 1.165) is 0 Å². The Hall–Kier alpha value is -4.97. The van der Waals surface area contributed by atoms with Gasteiger partial charge in [-0.05, 0) is 41.4 Å². The van der Waals surface area contributed by atoms with Gasteiger partial charge >= 0.3 is 11.9 Å². The van der Waals surface area contributed by atoms with Crippen LogP contribution < -0.4 is 0 Å². The van der Waals surface area contributed by atoms with Crippen LogP contribution in [0.25, 0.3) is 0 Å². The Morgan fingerprint density at radius 3 is 1.39 bits per heavy atom. The topological polar surface area (TPSA) is 226 Å². The zero-order valence-electron chi connectivity index (χ0n) is 16.4. The summed E-state index contributed by atoms with van der Waals surface area (Å²) in [7, 11) is 0. The fraction of sp³-hybridized carbons (Fsp3) is 0.136. The minimum absolute atomic E-state index is 0.160. The van der Waals surface area contributed by atoms with Crippen LogP contribution in [0.4, 0.5) is 0 Å². The molecule has 168 valence electrons. The molecule has 0 atom stereocenters. The maximum absolute atomic E-state index is 8.97. The van der Waals surface area contributed by atoms with Gasteiger partial charge in [-0.3, -0.25) is 0 Å². The highest BCUT2D eigenvalue weighted by atomic mass is 16.7. The van der Waals surface area contributed by atoms with Crippen LogP contribution in [0.15, 0.2) is 18.2 Å². The van der Waals surface area contributed by atoms with Crippen molar-refractivity contribution in [2.75, 3.05) is 0 Å². The Morgan fingerprint density at radius 1 is 0.636 bits per heavy atom. The molecule has 0 amide bonds. The first kappa shape index (κ1) is 30.2. The third-order valence-corrected chi connectivity index (χ3v) is 2.27. The van der Waals surface area contributed by atoms with Crippen LogP contribution >= 0.6 is 0 Å². The van der Waals surface area contributed by atoms with Gasteiger partial charge in [0.25, 0.3) is 0 Å². The molecule has 0 radical (unpaired) electrons. The van der Waals surface area contributed by atoms with E-state index < -0.39 is 11.9 Å². The molecule has 0 aliphatic carbocycles. The smallest absolute Gasteiger partial charge is 0.346 e. The van der Waals surface area contributed by atoms with E-state index in [4.69, 9.17) is 56.3 Å². The molecule has 1 rings (SSSR count). The van der Waals surface area contributed by atoms with E-state index in [2.05, 4.69) is 0 Å².